The monoisotopic (exact) mass is 423 g/mol. The van der Waals surface area contributed by atoms with E-state index in [4.69, 9.17) is 11.6 Å². The summed E-state index contributed by atoms with van der Waals surface area (Å²) in [6, 6.07) is 8.04. The van der Waals surface area contributed by atoms with E-state index < -0.39 is 5.97 Å². The molecule has 6 nitrogen and oxygen atoms in total. The molecule has 0 atom stereocenters. The Labute approximate surface area is 175 Å². The lowest BCUT2D eigenvalue weighted by Crippen LogP contribution is -2.46. The number of piperazine rings is 1. The van der Waals surface area contributed by atoms with E-state index in [1.165, 1.54) is 30.5 Å². The van der Waals surface area contributed by atoms with Crippen LogP contribution in [0.4, 0.5) is 0 Å². The highest BCUT2D eigenvalue weighted by molar-refractivity contribution is 8.04. The van der Waals surface area contributed by atoms with Gasteiger partial charge in [-0.1, -0.05) is 35.5 Å². The molecule has 0 spiro atoms. The third-order valence-electron chi connectivity index (χ3n) is 4.99. The summed E-state index contributed by atoms with van der Waals surface area (Å²) in [6.07, 6.45) is 2.30. The van der Waals surface area contributed by atoms with Crippen LogP contribution >= 0.6 is 23.4 Å². The number of rotatable bonds is 7. The van der Waals surface area contributed by atoms with Crippen molar-refractivity contribution >= 4 is 35.2 Å². The van der Waals surface area contributed by atoms with E-state index in [1.807, 2.05) is 12.1 Å². The molecule has 3 rings (SSSR count). The molecule has 2 aliphatic rings. The van der Waals surface area contributed by atoms with Crippen LogP contribution in [-0.2, 0) is 20.9 Å². The molecule has 2 aliphatic heterocycles. The van der Waals surface area contributed by atoms with Crippen molar-refractivity contribution in [3.05, 3.63) is 46.0 Å². The van der Waals surface area contributed by atoms with E-state index in [-0.39, 0.29) is 5.91 Å². The highest BCUT2D eigenvalue weighted by Crippen LogP contribution is 2.28. The summed E-state index contributed by atoms with van der Waals surface area (Å²) >= 11 is 7.35. The molecule has 0 radical (unpaired) electrons. The van der Waals surface area contributed by atoms with E-state index in [9.17, 15) is 9.59 Å². The van der Waals surface area contributed by atoms with Crippen molar-refractivity contribution in [2.24, 2.45) is 0 Å². The molecular weight excluding hydrogens is 398 g/mol. The molecular formula is C20H26ClN3O3S. The molecule has 0 N–H and O–H groups in total. The van der Waals surface area contributed by atoms with Gasteiger partial charge in [0.15, 0.2) is 0 Å². The van der Waals surface area contributed by atoms with Crippen molar-refractivity contribution in [3.8, 4) is 0 Å². The maximum absolute atomic E-state index is 12.1. The maximum atomic E-state index is 12.1. The van der Waals surface area contributed by atoms with E-state index >= 15 is 0 Å². The van der Waals surface area contributed by atoms with Crippen molar-refractivity contribution in [1.29, 1.82) is 0 Å². The minimum atomic E-state index is -0.418. The predicted octanol–water partition coefficient (Wildman–Crippen LogP) is 2.44. The normalized spacial score (nSPS) is 20.1. The largest absolute Gasteiger partial charge is 0.466 e. The summed E-state index contributed by atoms with van der Waals surface area (Å²) in [6.45, 7) is 6.67. The fourth-order valence-electron chi connectivity index (χ4n) is 3.40. The molecule has 1 amide bonds. The maximum Gasteiger partial charge on any atom is 0.333 e. The zero-order valence-electron chi connectivity index (χ0n) is 16.1. The molecule has 2 fully saturated rings. The first-order valence-corrected chi connectivity index (χ1v) is 10.8. The Bertz CT molecular complexity index is 718. The van der Waals surface area contributed by atoms with Crippen LogP contribution in [0.15, 0.2) is 35.4 Å². The van der Waals surface area contributed by atoms with Gasteiger partial charge in [0.2, 0.25) is 5.91 Å². The van der Waals surface area contributed by atoms with Crippen LogP contribution in [0.1, 0.15) is 12.0 Å². The fraction of sp³-hybridized carbons (Fsp3) is 0.500. The third-order valence-corrected chi connectivity index (χ3v) is 6.27. The number of hydrogen-bond donors (Lipinski definition) is 0. The van der Waals surface area contributed by atoms with Gasteiger partial charge in [0, 0.05) is 44.3 Å². The fourth-order valence-corrected chi connectivity index (χ4v) is 4.48. The highest BCUT2D eigenvalue weighted by atomic mass is 35.5. The average Bonchev–Trinajstić information content (AvgIpc) is 3.04. The van der Waals surface area contributed by atoms with E-state index in [0.29, 0.717) is 17.3 Å². The number of nitrogens with zero attached hydrogens (tertiary/aromatic N) is 3. The van der Waals surface area contributed by atoms with Crippen molar-refractivity contribution in [3.63, 3.8) is 0 Å². The summed E-state index contributed by atoms with van der Waals surface area (Å²) < 4.78 is 4.67. The molecule has 0 aliphatic carbocycles. The number of ether oxygens (including phenoxy) is 1. The number of halogens is 1. The van der Waals surface area contributed by atoms with E-state index in [2.05, 4.69) is 26.7 Å². The zero-order valence-corrected chi connectivity index (χ0v) is 17.7. The lowest BCUT2D eigenvalue weighted by Gasteiger charge is -2.35. The van der Waals surface area contributed by atoms with Gasteiger partial charge >= 0.3 is 5.97 Å². The molecule has 1 aromatic carbocycles. The van der Waals surface area contributed by atoms with Crippen molar-refractivity contribution < 1.29 is 14.3 Å². The van der Waals surface area contributed by atoms with Crippen LogP contribution in [0.5, 0.6) is 0 Å². The van der Waals surface area contributed by atoms with Crippen LogP contribution in [0.3, 0.4) is 0 Å². The molecule has 2 saturated heterocycles. The summed E-state index contributed by atoms with van der Waals surface area (Å²) in [7, 11) is 1.34. The predicted molar refractivity (Wildman–Crippen MR) is 112 cm³/mol. The second kappa shape index (κ2) is 10.3. The quantitative estimate of drug-likeness (QED) is 0.496. The molecule has 2 heterocycles. The van der Waals surface area contributed by atoms with Gasteiger partial charge in [-0.3, -0.25) is 9.69 Å². The summed E-state index contributed by atoms with van der Waals surface area (Å²) in [5.41, 5.74) is 1.29. The lowest BCUT2D eigenvalue weighted by atomic mass is 10.2. The molecule has 1 aromatic rings. The van der Waals surface area contributed by atoms with Crippen LogP contribution in [0.25, 0.3) is 0 Å². The standard InChI is InChI=1S/C20H26ClN3O3S/c1-27-20(26)13-19-24(18(25)15-28-19)8-2-7-22-9-11-23(12-10-22)14-16-3-5-17(21)6-4-16/h3-6,13H,2,7-12,14-15H2,1H3. The van der Waals surface area contributed by atoms with Crippen molar-refractivity contribution in [2.45, 2.75) is 13.0 Å². The number of amides is 1. The molecule has 28 heavy (non-hydrogen) atoms. The number of thioether (sulfide) groups is 1. The molecule has 0 unspecified atom stereocenters. The Morgan fingerprint density at radius 2 is 1.82 bits per heavy atom. The van der Waals surface area contributed by atoms with Crippen molar-refractivity contribution in [1.82, 2.24) is 14.7 Å². The Morgan fingerprint density at radius 3 is 2.50 bits per heavy atom. The minimum absolute atomic E-state index is 0.0629. The number of esters is 1. The van der Waals surface area contributed by atoms with Gasteiger partial charge < -0.3 is 14.5 Å². The number of benzene rings is 1. The van der Waals surface area contributed by atoms with Crippen LogP contribution in [0, 0.1) is 0 Å². The number of carbonyl (C=O) groups is 2. The van der Waals surface area contributed by atoms with Gasteiger partial charge in [-0.15, -0.1) is 0 Å². The molecule has 0 bridgehead atoms. The van der Waals surface area contributed by atoms with Gasteiger partial charge in [-0.05, 0) is 30.7 Å². The number of carbonyl (C=O) groups excluding carboxylic acids is 2. The van der Waals surface area contributed by atoms with Crippen molar-refractivity contribution in [2.75, 3.05) is 52.1 Å². The van der Waals surface area contributed by atoms with Gasteiger partial charge in [0.1, 0.15) is 0 Å². The smallest absolute Gasteiger partial charge is 0.333 e. The Kier molecular flexibility index (Phi) is 7.79. The minimum Gasteiger partial charge on any atom is -0.466 e. The first kappa shape index (κ1) is 21.2. The van der Waals surface area contributed by atoms with Gasteiger partial charge in [-0.2, -0.15) is 0 Å². The molecule has 0 saturated carbocycles. The summed E-state index contributed by atoms with van der Waals surface area (Å²) in [5.74, 6) is 0.0404. The lowest BCUT2D eigenvalue weighted by molar-refractivity contribution is -0.134. The first-order valence-electron chi connectivity index (χ1n) is 9.47. The topological polar surface area (TPSA) is 53.1 Å². The van der Waals surface area contributed by atoms with Crippen LogP contribution in [-0.4, -0.2) is 78.7 Å². The van der Waals surface area contributed by atoms with Gasteiger partial charge in [0.05, 0.1) is 24.0 Å². The molecule has 152 valence electrons. The Hall–Kier alpha value is -1.54. The Morgan fingerprint density at radius 1 is 1.14 bits per heavy atom. The molecule has 8 heteroatoms. The second-order valence-electron chi connectivity index (χ2n) is 6.94. The zero-order chi connectivity index (χ0) is 19.9. The first-order chi connectivity index (χ1) is 13.5. The second-order valence-corrected chi connectivity index (χ2v) is 8.37. The summed E-state index contributed by atoms with van der Waals surface area (Å²) in [4.78, 5) is 30.1. The average molecular weight is 424 g/mol. The van der Waals surface area contributed by atoms with Gasteiger partial charge in [-0.25, -0.2) is 4.79 Å². The van der Waals surface area contributed by atoms with Gasteiger partial charge in [0.25, 0.3) is 0 Å². The third kappa shape index (κ3) is 5.98. The number of hydrogen-bond acceptors (Lipinski definition) is 6. The summed E-state index contributed by atoms with van der Waals surface area (Å²) in [5, 5.41) is 1.47. The van der Waals surface area contributed by atoms with Crippen LogP contribution in [0.2, 0.25) is 5.02 Å². The SMILES string of the molecule is COC(=O)C=C1SCC(=O)N1CCCN1CCN(Cc2ccc(Cl)cc2)CC1. The Balaban J connectivity index is 1.39. The van der Waals surface area contributed by atoms with E-state index in [0.717, 1.165) is 50.7 Å². The molecule has 0 aromatic heterocycles. The van der Waals surface area contributed by atoms with Crippen LogP contribution < -0.4 is 0 Å². The number of methoxy groups -OCH3 is 1. The van der Waals surface area contributed by atoms with E-state index in [1.54, 1.807) is 4.90 Å². The highest BCUT2D eigenvalue weighted by Gasteiger charge is 2.27.